The first-order valence-corrected chi connectivity index (χ1v) is 8.69. The van der Waals surface area contributed by atoms with E-state index in [9.17, 15) is 9.90 Å². The Hall–Kier alpha value is -2.47. The number of nitrogens with zero attached hydrogens (tertiary/aromatic N) is 2. The summed E-state index contributed by atoms with van der Waals surface area (Å²) in [5.41, 5.74) is 0.831. The first kappa shape index (κ1) is 17.4. The lowest BCUT2D eigenvalue weighted by atomic mass is 9.73. The highest BCUT2D eigenvalue weighted by Crippen LogP contribution is 2.36. The molecule has 1 amide bonds. The lowest BCUT2D eigenvalue weighted by molar-refractivity contribution is 0.00957. The van der Waals surface area contributed by atoms with Gasteiger partial charge in [0, 0.05) is 17.6 Å². The predicted molar refractivity (Wildman–Crippen MR) is 97.5 cm³/mol. The molecule has 0 spiro atoms. The lowest BCUT2D eigenvalue weighted by Gasteiger charge is -2.38. The van der Waals surface area contributed by atoms with E-state index in [0.717, 1.165) is 31.4 Å². The summed E-state index contributed by atoms with van der Waals surface area (Å²) in [6, 6.07) is 12.6. The molecule has 0 radical (unpaired) electrons. The zero-order valence-electron chi connectivity index (χ0n) is 14.4. The van der Waals surface area contributed by atoms with E-state index in [1.165, 1.54) is 0 Å². The summed E-state index contributed by atoms with van der Waals surface area (Å²) in [4.78, 5) is 12.2. The van der Waals surface area contributed by atoms with Gasteiger partial charge in [0.25, 0.3) is 5.91 Å². The average Bonchev–Trinajstić information content (AvgIpc) is 2.64. The van der Waals surface area contributed by atoms with Gasteiger partial charge < -0.3 is 15.7 Å². The number of rotatable bonds is 5. The normalized spacial score (nSPS) is 23.0. The number of benzene rings is 1. The summed E-state index contributed by atoms with van der Waals surface area (Å²) in [5.74, 6) is 0.315. The highest BCUT2D eigenvalue weighted by Gasteiger charge is 2.35. The second kappa shape index (κ2) is 7.61. The molecule has 0 saturated heterocycles. The zero-order chi connectivity index (χ0) is 17.7. The number of carbonyl (C=O) groups excluding carboxylic acids is 1. The van der Waals surface area contributed by atoms with Gasteiger partial charge in [-0.05, 0) is 37.1 Å². The monoisotopic (exact) mass is 340 g/mol. The Balaban J connectivity index is 1.57. The number of hydrogen-bond acceptors (Lipinski definition) is 5. The summed E-state index contributed by atoms with van der Waals surface area (Å²) >= 11 is 0. The van der Waals surface area contributed by atoms with Gasteiger partial charge in [-0.3, -0.25) is 4.79 Å². The van der Waals surface area contributed by atoms with E-state index < -0.39 is 0 Å². The predicted octanol–water partition coefficient (Wildman–Crippen LogP) is 3.08. The van der Waals surface area contributed by atoms with Crippen molar-refractivity contribution in [3.05, 3.63) is 48.2 Å². The third-order valence-electron chi connectivity index (χ3n) is 4.88. The molecular formula is C19H24N4O2. The van der Waals surface area contributed by atoms with Crippen LogP contribution in [0, 0.1) is 5.41 Å². The maximum atomic E-state index is 12.2. The Labute approximate surface area is 147 Å². The Morgan fingerprint density at radius 3 is 2.68 bits per heavy atom. The number of hydrogen-bond donors (Lipinski definition) is 3. The molecule has 1 aliphatic rings. The van der Waals surface area contributed by atoms with Gasteiger partial charge in [-0.2, -0.15) is 0 Å². The van der Waals surface area contributed by atoms with Crippen LogP contribution in [0.4, 0.5) is 11.5 Å². The van der Waals surface area contributed by atoms with Gasteiger partial charge in [-0.25, -0.2) is 0 Å². The number of amides is 1. The fraction of sp³-hybridized carbons (Fsp3) is 0.421. The van der Waals surface area contributed by atoms with Crippen molar-refractivity contribution in [3.63, 3.8) is 0 Å². The number of aliphatic hydroxyl groups excluding tert-OH is 1. The van der Waals surface area contributed by atoms with Gasteiger partial charge in [0.1, 0.15) is 5.82 Å². The first-order chi connectivity index (χ1) is 12.1. The third-order valence-corrected chi connectivity index (χ3v) is 4.88. The summed E-state index contributed by atoms with van der Waals surface area (Å²) < 4.78 is 0. The van der Waals surface area contributed by atoms with Gasteiger partial charge >= 0.3 is 0 Å². The van der Waals surface area contributed by atoms with E-state index in [4.69, 9.17) is 0 Å². The number of nitrogens with one attached hydrogen (secondary N) is 2. The Morgan fingerprint density at radius 2 is 2.00 bits per heavy atom. The molecule has 2 unspecified atom stereocenters. The first-order valence-electron chi connectivity index (χ1n) is 8.69. The van der Waals surface area contributed by atoms with Gasteiger partial charge in [0.15, 0.2) is 5.69 Å². The van der Waals surface area contributed by atoms with Crippen molar-refractivity contribution in [2.75, 3.05) is 17.2 Å². The van der Waals surface area contributed by atoms with Crippen molar-refractivity contribution in [2.45, 2.75) is 38.7 Å². The van der Waals surface area contributed by atoms with Crippen LogP contribution in [-0.2, 0) is 0 Å². The largest absolute Gasteiger partial charge is 0.392 e. The second-order valence-corrected chi connectivity index (χ2v) is 6.89. The Bertz CT molecular complexity index is 705. The van der Waals surface area contributed by atoms with Gasteiger partial charge in [-0.15, -0.1) is 10.2 Å². The SMILES string of the molecule is CC1(CNc2ccc(C(=O)Nc3ccccc3)nn2)CCCCC1O. The molecule has 0 aliphatic heterocycles. The van der Waals surface area contributed by atoms with Crippen LogP contribution < -0.4 is 10.6 Å². The molecule has 1 aromatic carbocycles. The molecular weight excluding hydrogens is 316 g/mol. The van der Waals surface area contributed by atoms with E-state index in [2.05, 4.69) is 27.8 Å². The highest BCUT2D eigenvalue weighted by atomic mass is 16.3. The lowest BCUT2D eigenvalue weighted by Crippen LogP contribution is -2.41. The van der Waals surface area contributed by atoms with E-state index in [1.807, 2.05) is 30.3 Å². The van der Waals surface area contributed by atoms with Crippen LogP contribution in [0.25, 0.3) is 0 Å². The summed E-state index contributed by atoms with van der Waals surface area (Å²) in [7, 11) is 0. The maximum Gasteiger partial charge on any atom is 0.276 e. The second-order valence-electron chi connectivity index (χ2n) is 6.89. The highest BCUT2D eigenvalue weighted by molar-refractivity contribution is 6.02. The molecule has 1 aliphatic carbocycles. The molecule has 6 heteroatoms. The molecule has 3 N–H and O–H groups in total. The van der Waals surface area contributed by atoms with Crippen LogP contribution in [-0.4, -0.2) is 33.9 Å². The number of carbonyl (C=O) groups is 1. The van der Waals surface area contributed by atoms with Crippen molar-refractivity contribution in [3.8, 4) is 0 Å². The minimum Gasteiger partial charge on any atom is -0.392 e. The molecule has 3 rings (SSSR count). The van der Waals surface area contributed by atoms with Crippen molar-refractivity contribution in [2.24, 2.45) is 5.41 Å². The minimum absolute atomic E-state index is 0.150. The smallest absolute Gasteiger partial charge is 0.276 e. The van der Waals surface area contributed by atoms with Crippen LogP contribution in [0.1, 0.15) is 43.1 Å². The molecule has 0 bridgehead atoms. The zero-order valence-corrected chi connectivity index (χ0v) is 14.4. The number of anilines is 2. The molecule has 25 heavy (non-hydrogen) atoms. The van der Waals surface area contributed by atoms with Gasteiger partial charge in [0.2, 0.25) is 0 Å². The molecule has 1 fully saturated rings. The van der Waals surface area contributed by atoms with Crippen molar-refractivity contribution >= 4 is 17.4 Å². The van der Waals surface area contributed by atoms with Crippen LogP contribution in [0.5, 0.6) is 0 Å². The molecule has 1 heterocycles. The Morgan fingerprint density at radius 1 is 1.20 bits per heavy atom. The van der Waals surface area contributed by atoms with Crippen molar-refractivity contribution < 1.29 is 9.90 Å². The summed E-state index contributed by atoms with van der Waals surface area (Å²) in [5, 5.41) is 24.3. The Kier molecular flexibility index (Phi) is 5.28. The van der Waals surface area contributed by atoms with E-state index in [1.54, 1.807) is 12.1 Å². The summed E-state index contributed by atoms with van der Waals surface area (Å²) in [6.45, 7) is 2.73. The quantitative estimate of drug-likeness (QED) is 0.778. The topological polar surface area (TPSA) is 87.1 Å². The fourth-order valence-electron chi connectivity index (χ4n) is 3.14. The molecule has 1 aromatic heterocycles. The fourth-order valence-corrected chi connectivity index (χ4v) is 3.14. The summed E-state index contributed by atoms with van der Waals surface area (Å²) in [6.07, 6.45) is 3.77. The van der Waals surface area contributed by atoms with Crippen LogP contribution in [0.2, 0.25) is 0 Å². The molecule has 132 valence electrons. The van der Waals surface area contributed by atoms with Gasteiger partial charge in [-0.1, -0.05) is 38.0 Å². The van der Waals surface area contributed by atoms with Crippen LogP contribution in [0.15, 0.2) is 42.5 Å². The average molecular weight is 340 g/mol. The van der Waals surface area contributed by atoms with E-state index in [-0.39, 0.29) is 23.1 Å². The standard InChI is InChI=1S/C19H24N4O2/c1-19(12-6-5-9-16(19)24)13-20-17-11-10-15(22-23-17)18(25)21-14-7-3-2-4-8-14/h2-4,7-8,10-11,16,24H,5-6,9,12-13H2,1H3,(H,20,23)(H,21,25). The third kappa shape index (κ3) is 4.33. The maximum absolute atomic E-state index is 12.2. The van der Waals surface area contributed by atoms with Crippen molar-refractivity contribution in [1.82, 2.24) is 10.2 Å². The van der Waals surface area contributed by atoms with Crippen LogP contribution in [0.3, 0.4) is 0 Å². The van der Waals surface area contributed by atoms with Crippen LogP contribution >= 0.6 is 0 Å². The number of para-hydroxylation sites is 1. The van der Waals surface area contributed by atoms with E-state index >= 15 is 0 Å². The van der Waals surface area contributed by atoms with Crippen molar-refractivity contribution in [1.29, 1.82) is 0 Å². The molecule has 1 saturated carbocycles. The number of aliphatic hydroxyl groups is 1. The minimum atomic E-state index is -0.294. The van der Waals surface area contributed by atoms with E-state index in [0.29, 0.717) is 12.4 Å². The molecule has 6 nitrogen and oxygen atoms in total. The van der Waals surface area contributed by atoms with Gasteiger partial charge in [0.05, 0.1) is 6.10 Å². The molecule has 2 atom stereocenters. The molecule has 2 aromatic rings. The number of aromatic nitrogens is 2.